The summed E-state index contributed by atoms with van der Waals surface area (Å²) in [6.07, 6.45) is -3.47. The van der Waals surface area contributed by atoms with Crippen LogP contribution < -0.4 is 5.73 Å². The van der Waals surface area contributed by atoms with E-state index in [-0.39, 0.29) is 17.8 Å². The number of rotatable bonds is 4. The molecule has 5 nitrogen and oxygen atoms in total. The van der Waals surface area contributed by atoms with E-state index in [1.54, 1.807) is 0 Å². The lowest BCUT2D eigenvalue weighted by molar-refractivity contribution is -0.136. The molecule has 0 bridgehead atoms. The quantitative estimate of drug-likeness (QED) is 0.713. The molecule has 0 unspecified atom stereocenters. The van der Waals surface area contributed by atoms with E-state index in [1.165, 1.54) is 0 Å². The Balaban J connectivity index is 3.22. The molecule has 0 aromatic carbocycles. The summed E-state index contributed by atoms with van der Waals surface area (Å²) < 4.78 is 24.8. The smallest absolute Gasteiger partial charge is 0.309 e. The van der Waals surface area contributed by atoms with Gasteiger partial charge in [-0.1, -0.05) is 0 Å². The number of halogens is 2. The van der Waals surface area contributed by atoms with Crippen molar-refractivity contribution >= 4 is 5.97 Å². The Labute approximate surface area is 89.5 Å². The van der Waals surface area contributed by atoms with Gasteiger partial charge in [-0.3, -0.25) is 4.79 Å². The molecule has 0 atom stereocenters. The molecule has 0 radical (unpaired) electrons. The molecule has 1 aromatic rings. The van der Waals surface area contributed by atoms with E-state index in [9.17, 15) is 18.7 Å². The first-order valence-corrected chi connectivity index (χ1v) is 4.37. The largest absolute Gasteiger partial charge is 0.506 e. The zero-order valence-electron chi connectivity index (χ0n) is 8.15. The van der Waals surface area contributed by atoms with Crippen LogP contribution in [0.4, 0.5) is 8.78 Å². The van der Waals surface area contributed by atoms with Crippen molar-refractivity contribution in [3.05, 3.63) is 23.0 Å². The Kier molecular flexibility index (Phi) is 3.73. The van der Waals surface area contributed by atoms with Crippen LogP contribution in [0.2, 0.25) is 0 Å². The third-order valence-corrected chi connectivity index (χ3v) is 1.94. The maximum atomic E-state index is 12.4. The summed E-state index contributed by atoms with van der Waals surface area (Å²) in [5.41, 5.74) is 4.65. The molecule has 88 valence electrons. The van der Waals surface area contributed by atoms with E-state index in [0.717, 1.165) is 6.07 Å². The third kappa shape index (κ3) is 2.63. The Hall–Kier alpha value is -1.76. The SMILES string of the molecule is NCc1cc(O)c(C(F)F)nc1CC(=O)O. The van der Waals surface area contributed by atoms with Crippen LogP contribution in [0, 0.1) is 0 Å². The van der Waals surface area contributed by atoms with Crippen LogP contribution in [0.5, 0.6) is 5.75 Å². The van der Waals surface area contributed by atoms with Crippen LogP contribution >= 0.6 is 0 Å². The maximum absolute atomic E-state index is 12.4. The molecule has 0 amide bonds. The third-order valence-electron chi connectivity index (χ3n) is 1.94. The number of nitrogens with two attached hydrogens (primary N) is 1. The van der Waals surface area contributed by atoms with E-state index in [1.807, 2.05) is 0 Å². The molecule has 1 aromatic heterocycles. The van der Waals surface area contributed by atoms with Gasteiger partial charge >= 0.3 is 5.97 Å². The zero-order chi connectivity index (χ0) is 12.3. The summed E-state index contributed by atoms with van der Waals surface area (Å²) >= 11 is 0. The predicted octanol–water partition coefficient (Wildman–Crippen LogP) is 0.811. The molecule has 4 N–H and O–H groups in total. The van der Waals surface area contributed by atoms with Crippen molar-refractivity contribution in [3.8, 4) is 5.75 Å². The molecule has 0 spiro atoms. The fourth-order valence-electron chi connectivity index (χ4n) is 1.23. The number of carboxylic acids is 1. The standard InChI is InChI=1S/C9H10F2N2O3/c10-9(11)8-6(14)1-4(3-12)5(13-8)2-7(15)16/h1,9,14H,2-3,12H2,(H,15,16). The minimum Gasteiger partial charge on any atom is -0.506 e. The van der Waals surface area contributed by atoms with Crippen LogP contribution in [0.25, 0.3) is 0 Å². The number of hydrogen-bond acceptors (Lipinski definition) is 4. The second-order valence-electron chi connectivity index (χ2n) is 3.07. The van der Waals surface area contributed by atoms with Crippen LogP contribution in [0.1, 0.15) is 23.4 Å². The monoisotopic (exact) mass is 232 g/mol. The highest BCUT2D eigenvalue weighted by atomic mass is 19.3. The molecule has 7 heteroatoms. The average Bonchev–Trinajstić information content (AvgIpc) is 2.18. The summed E-state index contributed by atoms with van der Waals surface area (Å²) in [6.45, 7) is -0.0767. The first-order valence-electron chi connectivity index (χ1n) is 4.37. The number of nitrogens with zero attached hydrogens (tertiary/aromatic N) is 1. The van der Waals surface area contributed by atoms with Gasteiger partial charge in [0.15, 0.2) is 0 Å². The number of carboxylic acid groups (broad SMARTS) is 1. The molecule has 0 saturated carbocycles. The highest BCUT2D eigenvalue weighted by Gasteiger charge is 2.19. The minimum absolute atomic E-state index is 0.0527. The van der Waals surface area contributed by atoms with Crippen molar-refractivity contribution in [2.45, 2.75) is 19.4 Å². The molecule has 0 saturated heterocycles. The topological polar surface area (TPSA) is 96.4 Å². The molecular weight excluding hydrogens is 222 g/mol. The number of carbonyl (C=O) groups is 1. The lowest BCUT2D eigenvalue weighted by Crippen LogP contribution is -2.11. The predicted molar refractivity (Wildman–Crippen MR) is 50.1 cm³/mol. The van der Waals surface area contributed by atoms with Gasteiger partial charge in [0.25, 0.3) is 6.43 Å². The first-order chi connectivity index (χ1) is 7.45. The van der Waals surface area contributed by atoms with Crippen molar-refractivity contribution in [3.63, 3.8) is 0 Å². The molecule has 1 rings (SSSR count). The lowest BCUT2D eigenvalue weighted by Gasteiger charge is -2.09. The first kappa shape index (κ1) is 12.3. The number of aliphatic carboxylic acids is 1. The van der Waals surface area contributed by atoms with Crippen molar-refractivity contribution in [1.82, 2.24) is 4.98 Å². The molecule has 0 aliphatic rings. The van der Waals surface area contributed by atoms with Gasteiger partial charge < -0.3 is 15.9 Å². The second kappa shape index (κ2) is 4.84. The van der Waals surface area contributed by atoms with Crippen LogP contribution in [-0.2, 0) is 17.8 Å². The van der Waals surface area contributed by atoms with E-state index < -0.39 is 30.3 Å². The Morgan fingerprint density at radius 2 is 2.19 bits per heavy atom. The number of hydrogen-bond donors (Lipinski definition) is 3. The van der Waals surface area contributed by atoms with Gasteiger partial charge in [0.2, 0.25) is 0 Å². The van der Waals surface area contributed by atoms with Crippen molar-refractivity contribution in [2.75, 3.05) is 0 Å². The Morgan fingerprint density at radius 3 is 2.62 bits per heavy atom. The van der Waals surface area contributed by atoms with Gasteiger partial charge in [0.1, 0.15) is 11.4 Å². The number of pyridine rings is 1. The van der Waals surface area contributed by atoms with Gasteiger partial charge in [0.05, 0.1) is 12.1 Å². The molecular formula is C9H10F2N2O3. The highest BCUT2D eigenvalue weighted by molar-refractivity contribution is 5.70. The van der Waals surface area contributed by atoms with Gasteiger partial charge in [-0.2, -0.15) is 0 Å². The summed E-state index contributed by atoms with van der Waals surface area (Å²) in [7, 11) is 0. The van der Waals surface area contributed by atoms with Crippen molar-refractivity contribution < 1.29 is 23.8 Å². The summed E-state index contributed by atoms with van der Waals surface area (Å²) in [6, 6.07) is 1.02. The molecule has 16 heavy (non-hydrogen) atoms. The number of aromatic nitrogens is 1. The zero-order valence-corrected chi connectivity index (χ0v) is 8.15. The minimum atomic E-state index is -2.96. The summed E-state index contributed by atoms with van der Waals surface area (Å²) in [5, 5.41) is 17.8. The van der Waals surface area contributed by atoms with E-state index >= 15 is 0 Å². The average molecular weight is 232 g/mol. The van der Waals surface area contributed by atoms with Gasteiger partial charge in [-0.25, -0.2) is 13.8 Å². The fraction of sp³-hybridized carbons (Fsp3) is 0.333. The van der Waals surface area contributed by atoms with E-state index in [2.05, 4.69) is 4.98 Å². The van der Waals surface area contributed by atoms with Crippen molar-refractivity contribution in [2.24, 2.45) is 5.73 Å². The van der Waals surface area contributed by atoms with Crippen LogP contribution in [0.15, 0.2) is 6.07 Å². The molecule has 0 aliphatic carbocycles. The maximum Gasteiger partial charge on any atom is 0.309 e. The Bertz CT molecular complexity index is 410. The number of aromatic hydroxyl groups is 1. The number of alkyl halides is 2. The Morgan fingerprint density at radius 1 is 1.56 bits per heavy atom. The van der Waals surface area contributed by atoms with Gasteiger partial charge in [0, 0.05) is 6.54 Å². The van der Waals surface area contributed by atoms with Crippen LogP contribution in [-0.4, -0.2) is 21.2 Å². The van der Waals surface area contributed by atoms with E-state index in [4.69, 9.17) is 10.8 Å². The molecule has 0 fully saturated rings. The van der Waals surface area contributed by atoms with Crippen LogP contribution in [0.3, 0.4) is 0 Å². The van der Waals surface area contributed by atoms with Gasteiger partial charge in [-0.05, 0) is 11.6 Å². The lowest BCUT2D eigenvalue weighted by atomic mass is 10.1. The fourth-order valence-corrected chi connectivity index (χ4v) is 1.23. The summed E-state index contributed by atoms with van der Waals surface area (Å²) in [5.74, 6) is -1.88. The summed E-state index contributed by atoms with van der Waals surface area (Å²) in [4.78, 5) is 13.9. The highest BCUT2D eigenvalue weighted by Crippen LogP contribution is 2.28. The second-order valence-corrected chi connectivity index (χ2v) is 3.07. The van der Waals surface area contributed by atoms with E-state index in [0.29, 0.717) is 0 Å². The molecule has 0 aliphatic heterocycles. The normalized spacial score (nSPS) is 10.8. The van der Waals surface area contributed by atoms with Gasteiger partial charge in [-0.15, -0.1) is 0 Å². The van der Waals surface area contributed by atoms with Crippen molar-refractivity contribution in [1.29, 1.82) is 0 Å². The molecule has 1 heterocycles.